The molecule has 3 N–H and O–H groups in total. The molecule has 1 aromatic rings. The van der Waals surface area contributed by atoms with Crippen LogP contribution in [0.4, 0.5) is 0 Å². The highest BCUT2D eigenvalue weighted by atomic mass is 79.9. The Morgan fingerprint density at radius 1 is 1.50 bits per heavy atom. The zero-order valence-corrected chi connectivity index (χ0v) is 9.76. The number of phenolic OH excluding ortho intramolecular Hbond substituents is 1. The van der Waals surface area contributed by atoms with Gasteiger partial charge in [0.15, 0.2) is 0 Å². The van der Waals surface area contributed by atoms with Gasteiger partial charge in [0.25, 0.3) is 0 Å². The van der Waals surface area contributed by atoms with Gasteiger partial charge in [0.1, 0.15) is 5.75 Å². The molecule has 0 unspecified atom stereocenters. The maximum Gasteiger partial charge on any atom is 0.130 e. The van der Waals surface area contributed by atoms with Crippen molar-refractivity contribution < 1.29 is 5.11 Å². The number of phenols is 1. The summed E-state index contributed by atoms with van der Waals surface area (Å²) in [6.07, 6.45) is 2.34. The molecule has 0 aromatic heterocycles. The molecule has 0 atom stereocenters. The molecule has 0 spiro atoms. The lowest BCUT2D eigenvalue weighted by Crippen LogP contribution is -2.20. The molecule has 0 saturated heterocycles. The van der Waals surface area contributed by atoms with Crippen LogP contribution in [0.1, 0.15) is 24.0 Å². The zero-order chi connectivity index (χ0) is 10.3. The van der Waals surface area contributed by atoms with Gasteiger partial charge in [0.05, 0.1) is 4.47 Å². The van der Waals surface area contributed by atoms with Crippen LogP contribution >= 0.6 is 15.9 Å². The van der Waals surface area contributed by atoms with E-state index in [1.807, 2.05) is 13.0 Å². The summed E-state index contributed by atoms with van der Waals surface area (Å²) < 4.78 is 0.762. The van der Waals surface area contributed by atoms with Gasteiger partial charge in [0, 0.05) is 12.0 Å². The second-order valence-corrected chi connectivity index (χ2v) is 4.96. The number of nitrogens with two attached hydrogens (primary N) is 1. The van der Waals surface area contributed by atoms with Crippen molar-refractivity contribution in [2.75, 3.05) is 6.54 Å². The summed E-state index contributed by atoms with van der Waals surface area (Å²) in [5.74, 6) is 0.305. The summed E-state index contributed by atoms with van der Waals surface area (Å²) in [4.78, 5) is 0. The molecule has 0 heterocycles. The third kappa shape index (κ3) is 1.44. The third-order valence-electron chi connectivity index (χ3n) is 3.11. The van der Waals surface area contributed by atoms with Crippen LogP contribution in [-0.4, -0.2) is 11.7 Å². The van der Waals surface area contributed by atoms with E-state index in [0.717, 1.165) is 10.0 Å². The first-order valence-corrected chi connectivity index (χ1v) is 5.58. The van der Waals surface area contributed by atoms with Gasteiger partial charge in [-0.2, -0.15) is 0 Å². The second-order valence-electron chi connectivity index (χ2n) is 4.10. The highest BCUT2D eigenvalue weighted by Gasteiger charge is 2.43. The van der Waals surface area contributed by atoms with E-state index in [4.69, 9.17) is 5.73 Å². The topological polar surface area (TPSA) is 46.2 Å². The summed E-state index contributed by atoms with van der Waals surface area (Å²) in [5, 5.41) is 9.51. The average Bonchev–Trinajstić information content (AvgIpc) is 2.92. The van der Waals surface area contributed by atoms with Crippen LogP contribution in [0.25, 0.3) is 0 Å². The number of rotatable bonds is 2. The lowest BCUT2D eigenvalue weighted by atomic mass is 9.92. The maximum atomic E-state index is 9.51. The molecule has 0 bridgehead atoms. The van der Waals surface area contributed by atoms with Crippen molar-refractivity contribution in [2.24, 2.45) is 5.73 Å². The molecule has 76 valence electrons. The van der Waals surface area contributed by atoms with Crippen LogP contribution in [0.3, 0.4) is 0 Å². The van der Waals surface area contributed by atoms with Crippen LogP contribution in [0.5, 0.6) is 5.75 Å². The Kier molecular flexibility index (Phi) is 2.32. The van der Waals surface area contributed by atoms with Crippen LogP contribution in [-0.2, 0) is 5.41 Å². The molecule has 1 aromatic carbocycles. The van der Waals surface area contributed by atoms with E-state index in [1.165, 1.54) is 18.4 Å². The van der Waals surface area contributed by atoms with Gasteiger partial charge < -0.3 is 10.8 Å². The minimum atomic E-state index is 0.195. The molecule has 0 radical (unpaired) electrons. The van der Waals surface area contributed by atoms with E-state index < -0.39 is 0 Å². The largest absolute Gasteiger partial charge is 0.507 e. The van der Waals surface area contributed by atoms with Gasteiger partial charge >= 0.3 is 0 Å². The van der Waals surface area contributed by atoms with Crippen LogP contribution < -0.4 is 5.73 Å². The normalized spacial score (nSPS) is 18.2. The Balaban J connectivity index is 2.49. The van der Waals surface area contributed by atoms with Crippen molar-refractivity contribution in [3.05, 3.63) is 27.7 Å². The highest BCUT2D eigenvalue weighted by Crippen LogP contribution is 2.49. The number of hydrogen-bond donors (Lipinski definition) is 2. The van der Waals surface area contributed by atoms with E-state index >= 15 is 0 Å². The van der Waals surface area contributed by atoms with E-state index in [0.29, 0.717) is 12.3 Å². The molecule has 2 rings (SSSR count). The van der Waals surface area contributed by atoms with E-state index in [2.05, 4.69) is 15.9 Å². The maximum absolute atomic E-state index is 9.51. The van der Waals surface area contributed by atoms with E-state index in [1.54, 1.807) is 6.07 Å². The summed E-state index contributed by atoms with van der Waals surface area (Å²) >= 11 is 3.34. The van der Waals surface area contributed by atoms with Crippen molar-refractivity contribution in [3.63, 3.8) is 0 Å². The molecule has 2 nitrogen and oxygen atoms in total. The lowest BCUT2D eigenvalue weighted by molar-refractivity contribution is 0.470. The van der Waals surface area contributed by atoms with E-state index in [9.17, 15) is 5.11 Å². The standard InChI is InChI=1S/C11H14BrNO/c1-7-4-10(14)9(12)5-8(7)11(6-13)2-3-11/h4-5,14H,2-3,6,13H2,1H3. The van der Waals surface area contributed by atoms with Crippen molar-refractivity contribution in [1.29, 1.82) is 0 Å². The molecule has 1 saturated carbocycles. The van der Waals surface area contributed by atoms with Crippen molar-refractivity contribution >= 4 is 15.9 Å². The first-order chi connectivity index (χ1) is 6.59. The fourth-order valence-corrected chi connectivity index (χ4v) is 2.32. The number of benzene rings is 1. The Morgan fingerprint density at radius 3 is 2.64 bits per heavy atom. The van der Waals surface area contributed by atoms with Gasteiger partial charge in [-0.3, -0.25) is 0 Å². The molecule has 3 heteroatoms. The quantitative estimate of drug-likeness (QED) is 0.853. The molecule has 14 heavy (non-hydrogen) atoms. The Morgan fingerprint density at radius 2 is 2.14 bits per heavy atom. The predicted molar refractivity (Wildman–Crippen MR) is 60.5 cm³/mol. The highest BCUT2D eigenvalue weighted by molar-refractivity contribution is 9.10. The summed E-state index contributed by atoms with van der Waals surface area (Å²) in [7, 11) is 0. The minimum absolute atomic E-state index is 0.195. The summed E-state index contributed by atoms with van der Waals surface area (Å²) in [6, 6.07) is 3.81. The molecule has 1 aliphatic carbocycles. The van der Waals surface area contributed by atoms with Crippen LogP contribution in [0.15, 0.2) is 16.6 Å². The zero-order valence-electron chi connectivity index (χ0n) is 8.18. The van der Waals surface area contributed by atoms with Gasteiger partial charge in [0.2, 0.25) is 0 Å². The van der Waals surface area contributed by atoms with Gasteiger partial charge in [-0.1, -0.05) is 0 Å². The minimum Gasteiger partial charge on any atom is -0.507 e. The summed E-state index contributed by atoms with van der Waals surface area (Å²) in [6.45, 7) is 2.72. The second kappa shape index (κ2) is 3.24. The molecule has 1 fully saturated rings. The molecule has 0 aliphatic heterocycles. The molecule has 1 aliphatic rings. The lowest BCUT2D eigenvalue weighted by Gasteiger charge is -2.16. The predicted octanol–water partition coefficient (Wildman–Crippen LogP) is 2.45. The fourth-order valence-electron chi connectivity index (χ4n) is 1.97. The smallest absolute Gasteiger partial charge is 0.130 e. The van der Waals surface area contributed by atoms with Crippen LogP contribution in [0.2, 0.25) is 0 Å². The number of aryl methyl sites for hydroxylation is 1. The van der Waals surface area contributed by atoms with E-state index in [-0.39, 0.29) is 5.41 Å². The fraction of sp³-hybridized carbons (Fsp3) is 0.455. The Bertz CT molecular complexity index is 372. The Hall–Kier alpha value is -0.540. The van der Waals surface area contributed by atoms with Crippen molar-refractivity contribution in [2.45, 2.75) is 25.2 Å². The van der Waals surface area contributed by atoms with Gasteiger partial charge in [-0.05, 0) is 59.0 Å². The SMILES string of the molecule is Cc1cc(O)c(Br)cc1C1(CN)CC1. The first kappa shape index (κ1) is 9.99. The molecule has 0 amide bonds. The Labute approximate surface area is 92.3 Å². The summed E-state index contributed by atoms with van der Waals surface area (Å²) in [5.41, 5.74) is 8.39. The third-order valence-corrected chi connectivity index (χ3v) is 3.74. The van der Waals surface area contributed by atoms with Crippen molar-refractivity contribution in [1.82, 2.24) is 0 Å². The van der Waals surface area contributed by atoms with Crippen molar-refractivity contribution in [3.8, 4) is 5.75 Å². The number of aromatic hydroxyl groups is 1. The van der Waals surface area contributed by atoms with Gasteiger partial charge in [-0.15, -0.1) is 0 Å². The molecular weight excluding hydrogens is 242 g/mol. The first-order valence-electron chi connectivity index (χ1n) is 4.79. The van der Waals surface area contributed by atoms with Crippen LogP contribution in [0, 0.1) is 6.92 Å². The van der Waals surface area contributed by atoms with Gasteiger partial charge in [-0.25, -0.2) is 0 Å². The molecular formula is C11H14BrNO. The average molecular weight is 256 g/mol. The monoisotopic (exact) mass is 255 g/mol. The number of hydrogen-bond acceptors (Lipinski definition) is 2. The number of halogens is 1.